The third-order valence-corrected chi connectivity index (χ3v) is 9.91. The fraction of sp³-hybridized carbons (Fsp3) is 0.679. The first-order valence-electron chi connectivity index (χ1n) is 24.1. The Hall–Kier alpha value is -3.41. The van der Waals surface area contributed by atoms with Crippen molar-refractivity contribution < 1.29 is 28.6 Å². The average molecular weight is 821 g/mol. The number of carbonyl (C=O) groups excluding carboxylic acids is 3. The van der Waals surface area contributed by atoms with Crippen molar-refractivity contribution in [2.75, 3.05) is 13.2 Å². The first-order valence-corrected chi connectivity index (χ1v) is 24.1. The summed E-state index contributed by atoms with van der Waals surface area (Å²) in [6, 6.07) is 0. The van der Waals surface area contributed by atoms with E-state index in [4.69, 9.17) is 14.2 Å². The van der Waals surface area contributed by atoms with Gasteiger partial charge in [-0.05, 0) is 77.0 Å². The van der Waals surface area contributed by atoms with Crippen LogP contribution in [-0.4, -0.2) is 37.2 Å². The topological polar surface area (TPSA) is 78.9 Å². The van der Waals surface area contributed by atoms with Gasteiger partial charge in [0.1, 0.15) is 13.2 Å². The molecule has 6 nitrogen and oxygen atoms in total. The molecule has 0 heterocycles. The molecule has 0 saturated heterocycles. The number of carbonyl (C=O) groups is 3. The van der Waals surface area contributed by atoms with Gasteiger partial charge in [0.05, 0.1) is 0 Å². The Balaban J connectivity index is 4.13. The van der Waals surface area contributed by atoms with Gasteiger partial charge < -0.3 is 14.2 Å². The van der Waals surface area contributed by atoms with Gasteiger partial charge in [0.2, 0.25) is 0 Å². The summed E-state index contributed by atoms with van der Waals surface area (Å²) in [6.45, 7) is 6.38. The lowest BCUT2D eigenvalue weighted by atomic mass is 10.1. The summed E-state index contributed by atoms with van der Waals surface area (Å²) in [5.74, 6) is -0.925. The number of rotatable bonds is 42. The molecule has 0 N–H and O–H groups in total. The second-order valence-corrected chi connectivity index (χ2v) is 15.6. The number of ether oxygens (including phenoxy) is 3. The van der Waals surface area contributed by atoms with Gasteiger partial charge in [-0.3, -0.25) is 14.4 Å². The maximum absolute atomic E-state index is 12.6. The normalized spacial score (nSPS) is 12.8. The van der Waals surface area contributed by atoms with E-state index in [0.29, 0.717) is 19.3 Å². The second-order valence-electron chi connectivity index (χ2n) is 15.6. The molecule has 0 aliphatic rings. The molecule has 0 aromatic heterocycles. The van der Waals surface area contributed by atoms with Crippen molar-refractivity contribution in [3.63, 3.8) is 0 Å². The number of hydrogen-bond acceptors (Lipinski definition) is 6. The molecule has 0 fully saturated rings. The van der Waals surface area contributed by atoms with Crippen LogP contribution in [-0.2, 0) is 28.6 Å². The smallest absolute Gasteiger partial charge is 0.306 e. The SMILES string of the molecule is CC/C=C\C/C=C\C/C=C\C/C=C\C/C=C\C/C=C\C/C=C\CCCCCCCC(=O)OCC(COC(=O)CCCCCCC)OC(=O)CCCCCCCCCCC. The molecule has 0 rings (SSSR count). The van der Waals surface area contributed by atoms with Crippen LogP contribution < -0.4 is 0 Å². The molecule has 6 heteroatoms. The van der Waals surface area contributed by atoms with Gasteiger partial charge in [-0.1, -0.05) is 202 Å². The average Bonchev–Trinajstić information content (AvgIpc) is 3.23. The number of unbranched alkanes of at least 4 members (excludes halogenated alkanes) is 17. The minimum absolute atomic E-state index is 0.0829. The molecule has 59 heavy (non-hydrogen) atoms. The summed E-state index contributed by atoms with van der Waals surface area (Å²) in [7, 11) is 0. The van der Waals surface area contributed by atoms with E-state index in [-0.39, 0.29) is 31.1 Å². The zero-order valence-electron chi connectivity index (χ0n) is 38.2. The van der Waals surface area contributed by atoms with Gasteiger partial charge in [-0.2, -0.15) is 0 Å². The van der Waals surface area contributed by atoms with E-state index >= 15 is 0 Å². The molecule has 1 unspecified atom stereocenters. The molecule has 0 aromatic rings. The van der Waals surface area contributed by atoms with E-state index in [0.717, 1.165) is 128 Å². The predicted octanol–water partition coefficient (Wildman–Crippen LogP) is 15.6. The van der Waals surface area contributed by atoms with E-state index in [1.165, 1.54) is 44.9 Å². The summed E-state index contributed by atoms with van der Waals surface area (Å²) >= 11 is 0. The third-order valence-electron chi connectivity index (χ3n) is 9.91. The minimum Gasteiger partial charge on any atom is -0.462 e. The highest BCUT2D eigenvalue weighted by atomic mass is 16.6. The maximum Gasteiger partial charge on any atom is 0.306 e. The summed E-state index contributed by atoms with van der Waals surface area (Å²) in [4.78, 5) is 37.4. The van der Waals surface area contributed by atoms with Crippen LogP contribution in [0.5, 0.6) is 0 Å². The van der Waals surface area contributed by atoms with Crippen LogP contribution in [0.1, 0.15) is 213 Å². The summed E-state index contributed by atoms with van der Waals surface area (Å²) < 4.78 is 16.6. The van der Waals surface area contributed by atoms with Crippen molar-refractivity contribution in [1.82, 2.24) is 0 Å². The molecule has 0 bridgehead atoms. The van der Waals surface area contributed by atoms with E-state index in [2.05, 4.69) is 106 Å². The zero-order chi connectivity index (χ0) is 43.0. The van der Waals surface area contributed by atoms with Crippen LogP contribution in [0.3, 0.4) is 0 Å². The summed E-state index contributed by atoms with van der Waals surface area (Å²) in [6.07, 6.45) is 60.4. The lowest BCUT2D eigenvalue weighted by Gasteiger charge is -2.18. The number of hydrogen-bond donors (Lipinski definition) is 0. The quantitative estimate of drug-likeness (QED) is 0.0264. The first kappa shape index (κ1) is 55.6. The molecule has 0 amide bonds. The van der Waals surface area contributed by atoms with Crippen LogP contribution in [0.2, 0.25) is 0 Å². The highest BCUT2D eigenvalue weighted by Gasteiger charge is 2.19. The van der Waals surface area contributed by atoms with Gasteiger partial charge >= 0.3 is 17.9 Å². The molecular formula is C53H88O6. The predicted molar refractivity (Wildman–Crippen MR) is 251 cm³/mol. The van der Waals surface area contributed by atoms with E-state index < -0.39 is 6.10 Å². The van der Waals surface area contributed by atoms with Crippen LogP contribution >= 0.6 is 0 Å². The largest absolute Gasteiger partial charge is 0.462 e. The van der Waals surface area contributed by atoms with Crippen LogP contribution in [0.4, 0.5) is 0 Å². The van der Waals surface area contributed by atoms with Gasteiger partial charge in [-0.25, -0.2) is 0 Å². The number of esters is 3. The number of allylic oxidation sites excluding steroid dienone is 14. The molecule has 0 aromatic carbocycles. The molecule has 0 radical (unpaired) electrons. The van der Waals surface area contributed by atoms with Crippen molar-refractivity contribution >= 4 is 17.9 Å². The summed E-state index contributed by atoms with van der Waals surface area (Å²) in [5.41, 5.74) is 0. The van der Waals surface area contributed by atoms with E-state index in [1.807, 2.05) is 0 Å². The molecule has 0 spiro atoms. The Morgan fingerprint density at radius 1 is 0.356 bits per heavy atom. The van der Waals surface area contributed by atoms with Crippen LogP contribution in [0, 0.1) is 0 Å². The Labute approximate surface area is 363 Å². The molecular weight excluding hydrogens is 733 g/mol. The maximum atomic E-state index is 12.6. The Morgan fingerprint density at radius 3 is 1.03 bits per heavy atom. The highest BCUT2D eigenvalue weighted by molar-refractivity contribution is 5.71. The van der Waals surface area contributed by atoms with Crippen molar-refractivity contribution in [2.45, 2.75) is 219 Å². The molecule has 336 valence electrons. The minimum atomic E-state index is -0.776. The van der Waals surface area contributed by atoms with Crippen molar-refractivity contribution in [3.05, 3.63) is 85.1 Å². The van der Waals surface area contributed by atoms with E-state index in [9.17, 15) is 14.4 Å². The lowest BCUT2D eigenvalue weighted by molar-refractivity contribution is -0.167. The molecule has 0 aliphatic carbocycles. The van der Waals surface area contributed by atoms with Crippen molar-refractivity contribution in [3.8, 4) is 0 Å². The van der Waals surface area contributed by atoms with Crippen molar-refractivity contribution in [2.24, 2.45) is 0 Å². The molecule has 0 saturated carbocycles. The second kappa shape index (κ2) is 47.3. The zero-order valence-corrected chi connectivity index (χ0v) is 38.2. The Bertz CT molecular complexity index is 1170. The molecule has 0 aliphatic heterocycles. The lowest BCUT2D eigenvalue weighted by Crippen LogP contribution is -2.30. The standard InChI is InChI=1S/C53H88O6/c1-4-7-10-13-15-17-18-19-20-21-22-23-24-25-26-27-28-29-30-31-32-33-34-36-37-40-43-46-52(55)58-49-50(48-57-51(54)45-42-39-12-9-6-3)59-53(56)47-44-41-38-35-16-14-11-8-5-2/h7,10,15,17,19-20,22-23,25-26,28-29,31-32,50H,4-6,8-9,11-14,16,18,21,24,27,30,33-49H2,1-3H3/b10-7-,17-15-,20-19-,23-22-,26-25-,29-28-,32-31-. The van der Waals surface area contributed by atoms with Crippen LogP contribution in [0.15, 0.2) is 85.1 Å². The summed E-state index contributed by atoms with van der Waals surface area (Å²) in [5, 5.41) is 0. The Morgan fingerprint density at radius 2 is 0.661 bits per heavy atom. The molecule has 1 atom stereocenters. The van der Waals surface area contributed by atoms with Crippen LogP contribution in [0.25, 0.3) is 0 Å². The fourth-order valence-corrected chi connectivity index (χ4v) is 6.30. The van der Waals surface area contributed by atoms with E-state index in [1.54, 1.807) is 0 Å². The Kier molecular flexibility index (Phi) is 44.5. The van der Waals surface area contributed by atoms with Gasteiger partial charge in [0.25, 0.3) is 0 Å². The van der Waals surface area contributed by atoms with Crippen molar-refractivity contribution in [1.29, 1.82) is 0 Å². The van der Waals surface area contributed by atoms with Gasteiger partial charge in [0.15, 0.2) is 6.10 Å². The van der Waals surface area contributed by atoms with Gasteiger partial charge in [0, 0.05) is 19.3 Å². The monoisotopic (exact) mass is 821 g/mol. The third kappa shape index (κ3) is 45.5. The van der Waals surface area contributed by atoms with Gasteiger partial charge in [-0.15, -0.1) is 0 Å². The fourth-order valence-electron chi connectivity index (χ4n) is 6.30. The highest BCUT2D eigenvalue weighted by Crippen LogP contribution is 2.13. The first-order chi connectivity index (χ1) is 29.0.